The second-order valence-corrected chi connectivity index (χ2v) is 4.92. The molecule has 140 valence electrons. The standard InChI is InChI=1S/C10H14N4O.C7H6F3N/c1-15-8-7-12-14-13-10(11)9-5-3-2-4-6-9;8-7(9,10)5-2-1-3-6(11)4-5/h2-6H,7-8H2,1H3,(H2,11,12,13);1-4H,11H2. The van der Waals surface area contributed by atoms with Crippen molar-refractivity contribution in [2.45, 2.75) is 6.18 Å². The highest BCUT2D eigenvalue weighted by Gasteiger charge is 2.30. The van der Waals surface area contributed by atoms with Crippen molar-refractivity contribution < 1.29 is 17.9 Å². The number of benzene rings is 2. The third-order valence-corrected chi connectivity index (χ3v) is 2.89. The number of nitrogens with two attached hydrogens (primary N) is 2. The Hall–Kier alpha value is -2.94. The van der Waals surface area contributed by atoms with Crippen LogP contribution in [0.4, 0.5) is 18.9 Å². The van der Waals surface area contributed by atoms with Crippen molar-refractivity contribution >= 4 is 11.5 Å². The van der Waals surface area contributed by atoms with E-state index in [0.29, 0.717) is 19.0 Å². The van der Waals surface area contributed by atoms with E-state index in [1.807, 2.05) is 30.3 Å². The predicted molar refractivity (Wildman–Crippen MR) is 94.6 cm³/mol. The Labute approximate surface area is 149 Å². The SMILES string of the molecule is COCCN=N/N=C(\N)c1ccccc1.Nc1cccc(C(F)(F)F)c1. The number of hydrogen-bond acceptors (Lipinski definition) is 4. The van der Waals surface area contributed by atoms with E-state index in [-0.39, 0.29) is 5.69 Å². The number of methoxy groups -OCH3 is 1. The van der Waals surface area contributed by atoms with Crippen LogP contribution >= 0.6 is 0 Å². The molecule has 2 aromatic carbocycles. The highest BCUT2D eigenvalue weighted by molar-refractivity contribution is 5.97. The third-order valence-electron chi connectivity index (χ3n) is 2.89. The van der Waals surface area contributed by atoms with Gasteiger partial charge in [0.15, 0.2) is 5.84 Å². The van der Waals surface area contributed by atoms with Gasteiger partial charge in [-0.25, -0.2) is 0 Å². The molecule has 9 heteroatoms. The van der Waals surface area contributed by atoms with E-state index in [2.05, 4.69) is 15.4 Å². The number of hydrogen-bond donors (Lipinski definition) is 2. The first kappa shape index (κ1) is 21.1. The number of nitrogen functional groups attached to an aromatic ring is 1. The predicted octanol–water partition coefficient (Wildman–Crippen LogP) is 3.69. The summed E-state index contributed by atoms with van der Waals surface area (Å²) in [5.74, 6) is 0.358. The minimum absolute atomic E-state index is 0.125. The van der Waals surface area contributed by atoms with Gasteiger partial charge in [-0.1, -0.05) is 36.4 Å². The zero-order chi connectivity index (χ0) is 19.4. The van der Waals surface area contributed by atoms with E-state index in [0.717, 1.165) is 17.7 Å². The average Bonchev–Trinajstić information content (AvgIpc) is 2.62. The van der Waals surface area contributed by atoms with Gasteiger partial charge in [0.1, 0.15) is 0 Å². The molecule has 0 heterocycles. The molecule has 0 atom stereocenters. The molecule has 0 radical (unpaired) electrons. The molecule has 2 rings (SSSR count). The molecule has 0 unspecified atom stereocenters. The molecule has 0 saturated carbocycles. The number of anilines is 1. The Bertz CT molecular complexity index is 718. The summed E-state index contributed by atoms with van der Waals surface area (Å²) in [6.45, 7) is 1.02. The molecule has 0 aliphatic carbocycles. The summed E-state index contributed by atoms with van der Waals surface area (Å²) in [6.07, 6.45) is -4.30. The van der Waals surface area contributed by atoms with E-state index in [1.54, 1.807) is 7.11 Å². The first-order chi connectivity index (χ1) is 12.3. The van der Waals surface area contributed by atoms with Crippen LogP contribution in [0.2, 0.25) is 0 Å². The van der Waals surface area contributed by atoms with Crippen LogP contribution in [-0.4, -0.2) is 26.1 Å². The van der Waals surface area contributed by atoms with Crippen molar-refractivity contribution in [2.75, 3.05) is 26.0 Å². The van der Waals surface area contributed by atoms with Crippen molar-refractivity contribution in [1.29, 1.82) is 0 Å². The fraction of sp³-hybridized carbons (Fsp3) is 0.235. The van der Waals surface area contributed by atoms with E-state index in [9.17, 15) is 13.2 Å². The number of amidine groups is 1. The summed E-state index contributed by atoms with van der Waals surface area (Å²) in [5, 5.41) is 11.1. The first-order valence-electron chi connectivity index (χ1n) is 7.51. The summed E-state index contributed by atoms with van der Waals surface area (Å²) in [6, 6.07) is 14.0. The van der Waals surface area contributed by atoms with Gasteiger partial charge in [0, 0.05) is 18.4 Å². The lowest BCUT2D eigenvalue weighted by Gasteiger charge is -2.05. The van der Waals surface area contributed by atoms with Gasteiger partial charge in [0.05, 0.1) is 18.7 Å². The van der Waals surface area contributed by atoms with E-state index in [4.69, 9.17) is 16.2 Å². The number of nitrogens with zero attached hydrogens (tertiary/aromatic N) is 3. The largest absolute Gasteiger partial charge is 0.416 e. The summed E-state index contributed by atoms with van der Waals surface area (Å²) < 4.78 is 40.5. The van der Waals surface area contributed by atoms with Crippen molar-refractivity contribution in [3.63, 3.8) is 0 Å². The molecule has 4 N–H and O–H groups in total. The topological polar surface area (TPSA) is 98.3 Å². The minimum Gasteiger partial charge on any atom is -0.399 e. The number of ether oxygens (including phenoxy) is 1. The van der Waals surface area contributed by atoms with E-state index < -0.39 is 11.7 Å². The van der Waals surface area contributed by atoms with E-state index >= 15 is 0 Å². The molecule has 0 aromatic heterocycles. The zero-order valence-corrected chi connectivity index (χ0v) is 14.1. The number of rotatable bonds is 5. The van der Waals surface area contributed by atoms with Gasteiger partial charge >= 0.3 is 6.18 Å². The lowest BCUT2D eigenvalue weighted by atomic mass is 10.2. The van der Waals surface area contributed by atoms with Crippen LogP contribution in [0.5, 0.6) is 0 Å². The van der Waals surface area contributed by atoms with Gasteiger partial charge in [-0.05, 0) is 23.4 Å². The Balaban J connectivity index is 0.000000273. The molecule has 0 saturated heterocycles. The molecule has 0 fully saturated rings. The van der Waals surface area contributed by atoms with Gasteiger partial charge in [-0.15, -0.1) is 5.10 Å². The van der Waals surface area contributed by atoms with Crippen LogP contribution in [0.15, 0.2) is 70.0 Å². The second kappa shape index (κ2) is 10.8. The molecule has 0 aliphatic rings. The summed E-state index contributed by atoms with van der Waals surface area (Å²) in [5.41, 5.74) is 11.1. The van der Waals surface area contributed by atoms with Gasteiger partial charge in [-0.3, -0.25) is 0 Å². The minimum atomic E-state index is -4.30. The normalized spacial score (nSPS) is 11.9. The maximum atomic E-state index is 11.9. The molecule has 0 spiro atoms. The van der Waals surface area contributed by atoms with Crippen molar-refractivity contribution in [1.82, 2.24) is 0 Å². The number of halogens is 3. The Kier molecular flexibility index (Phi) is 8.79. The van der Waals surface area contributed by atoms with Crippen LogP contribution in [0.3, 0.4) is 0 Å². The van der Waals surface area contributed by atoms with Gasteiger partial charge in [-0.2, -0.15) is 18.3 Å². The third kappa shape index (κ3) is 8.25. The molecular formula is C17H20F3N5O. The molecule has 6 nitrogen and oxygen atoms in total. The number of alkyl halides is 3. The Morgan fingerprint density at radius 1 is 1.08 bits per heavy atom. The fourth-order valence-electron chi connectivity index (χ4n) is 1.64. The van der Waals surface area contributed by atoms with Crippen LogP contribution < -0.4 is 11.5 Å². The first-order valence-corrected chi connectivity index (χ1v) is 7.51. The fourth-order valence-corrected chi connectivity index (χ4v) is 1.64. The van der Waals surface area contributed by atoms with Crippen LogP contribution in [0.1, 0.15) is 11.1 Å². The van der Waals surface area contributed by atoms with Gasteiger partial charge < -0.3 is 16.2 Å². The quantitative estimate of drug-likeness (QED) is 0.211. The monoisotopic (exact) mass is 367 g/mol. The molecule has 0 amide bonds. The van der Waals surface area contributed by atoms with Gasteiger partial charge in [0.25, 0.3) is 0 Å². The van der Waals surface area contributed by atoms with Crippen molar-refractivity contribution in [3.05, 3.63) is 65.7 Å². The summed E-state index contributed by atoms with van der Waals surface area (Å²) >= 11 is 0. The smallest absolute Gasteiger partial charge is 0.399 e. The van der Waals surface area contributed by atoms with Gasteiger partial charge in [0.2, 0.25) is 0 Å². The summed E-state index contributed by atoms with van der Waals surface area (Å²) in [7, 11) is 1.61. The highest BCUT2D eigenvalue weighted by atomic mass is 19.4. The lowest BCUT2D eigenvalue weighted by molar-refractivity contribution is -0.137. The summed E-state index contributed by atoms with van der Waals surface area (Å²) in [4.78, 5) is 0. The second-order valence-electron chi connectivity index (χ2n) is 4.92. The molecule has 0 bridgehead atoms. The Morgan fingerprint density at radius 2 is 1.77 bits per heavy atom. The zero-order valence-electron chi connectivity index (χ0n) is 14.1. The van der Waals surface area contributed by atoms with Crippen molar-refractivity contribution in [3.8, 4) is 0 Å². The Morgan fingerprint density at radius 3 is 2.31 bits per heavy atom. The molecule has 26 heavy (non-hydrogen) atoms. The highest BCUT2D eigenvalue weighted by Crippen LogP contribution is 2.29. The van der Waals surface area contributed by atoms with Crippen molar-refractivity contribution in [2.24, 2.45) is 21.2 Å². The maximum Gasteiger partial charge on any atom is 0.416 e. The lowest BCUT2D eigenvalue weighted by Crippen LogP contribution is -2.12. The molecule has 0 aliphatic heterocycles. The van der Waals surface area contributed by atoms with Crippen LogP contribution in [-0.2, 0) is 10.9 Å². The average molecular weight is 367 g/mol. The molecular weight excluding hydrogens is 347 g/mol. The van der Waals surface area contributed by atoms with Crippen LogP contribution in [0.25, 0.3) is 0 Å². The maximum absolute atomic E-state index is 11.9. The van der Waals surface area contributed by atoms with Crippen LogP contribution in [0, 0.1) is 0 Å². The molecule has 2 aromatic rings. The van der Waals surface area contributed by atoms with E-state index in [1.165, 1.54) is 12.1 Å².